The van der Waals surface area contributed by atoms with Gasteiger partial charge in [0.1, 0.15) is 5.75 Å². The summed E-state index contributed by atoms with van der Waals surface area (Å²) in [4.78, 5) is 22.2. The molecule has 118 valence electrons. The van der Waals surface area contributed by atoms with Crippen molar-refractivity contribution in [3.63, 3.8) is 0 Å². The molecule has 2 rings (SSSR count). The third-order valence-electron chi connectivity index (χ3n) is 3.15. The van der Waals surface area contributed by atoms with E-state index in [4.69, 9.17) is 4.74 Å². The molecule has 2 aromatic rings. The highest BCUT2D eigenvalue weighted by Gasteiger charge is 2.11. The monoisotopic (exact) mass is 313 g/mol. The van der Waals surface area contributed by atoms with E-state index in [9.17, 15) is 14.9 Å². The molecule has 1 amide bonds. The van der Waals surface area contributed by atoms with Crippen molar-refractivity contribution in [1.82, 2.24) is 5.43 Å². The Labute approximate surface area is 132 Å². The van der Waals surface area contributed by atoms with Crippen LogP contribution in [0.2, 0.25) is 0 Å². The van der Waals surface area contributed by atoms with E-state index in [0.717, 1.165) is 11.3 Å². The Morgan fingerprint density at radius 3 is 2.48 bits per heavy atom. The van der Waals surface area contributed by atoms with E-state index in [1.54, 1.807) is 26.2 Å². The zero-order valence-corrected chi connectivity index (χ0v) is 12.6. The number of nitrogens with one attached hydrogen (secondary N) is 1. The maximum atomic E-state index is 12.0. The van der Waals surface area contributed by atoms with Crippen LogP contribution in [0.15, 0.2) is 53.6 Å². The Bertz CT molecular complexity index is 754. The summed E-state index contributed by atoms with van der Waals surface area (Å²) in [7, 11) is 1.58. The number of non-ortho nitro benzene ring substituents is 1. The van der Waals surface area contributed by atoms with Crippen molar-refractivity contribution in [3.8, 4) is 5.75 Å². The molecule has 0 radical (unpaired) electrons. The number of benzene rings is 2. The van der Waals surface area contributed by atoms with E-state index in [1.165, 1.54) is 24.3 Å². The summed E-state index contributed by atoms with van der Waals surface area (Å²) in [5, 5.41) is 14.7. The molecular formula is C16H15N3O4. The maximum absolute atomic E-state index is 12.0. The second kappa shape index (κ2) is 7.17. The summed E-state index contributed by atoms with van der Waals surface area (Å²) < 4.78 is 5.07. The molecule has 0 atom stereocenters. The number of nitrogens with zero attached hydrogens (tertiary/aromatic N) is 2. The van der Waals surface area contributed by atoms with E-state index >= 15 is 0 Å². The van der Waals surface area contributed by atoms with Crippen LogP contribution < -0.4 is 10.2 Å². The van der Waals surface area contributed by atoms with Gasteiger partial charge in [-0.3, -0.25) is 14.9 Å². The summed E-state index contributed by atoms with van der Waals surface area (Å²) in [5.41, 5.74) is 3.84. The number of nitro benzene ring substituents is 1. The van der Waals surface area contributed by atoms with Crippen LogP contribution in [0.1, 0.15) is 22.8 Å². The van der Waals surface area contributed by atoms with Gasteiger partial charge >= 0.3 is 0 Å². The SMILES string of the molecule is COc1ccc(/C(C)=N/NC(=O)c2cccc([N+](=O)[O-])c2)cc1. The molecule has 0 aliphatic rings. The molecule has 7 nitrogen and oxygen atoms in total. The van der Waals surface area contributed by atoms with Crippen molar-refractivity contribution in [2.24, 2.45) is 5.10 Å². The van der Waals surface area contributed by atoms with E-state index in [1.807, 2.05) is 12.1 Å². The van der Waals surface area contributed by atoms with Crippen molar-refractivity contribution >= 4 is 17.3 Å². The van der Waals surface area contributed by atoms with Crippen LogP contribution >= 0.6 is 0 Å². The predicted octanol–water partition coefficient (Wildman–Crippen LogP) is 2.76. The molecule has 0 spiro atoms. The summed E-state index contributed by atoms with van der Waals surface area (Å²) in [6, 6.07) is 12.7. The van der Waals surface area contributed by atoms with Crippen molar-refractivity contribution in [2.45, 2.75) is 6.92 Å². The zero-order valence-electron chi connectivity index (χ0n) is 12.6. The number of hydrogen-bond acceptors (Lipinski definition) is 5. The number of nitro groups is 1. The molecule has 0 fully saturated rings. The van der Waals surface area contributed by atoms with Gasteiger partial charge in [0.05, 0.1) is 17.7 Å². The quantitative estimate of drug-likeness (QED) is 0.521. The molecule has 1 N–H and O–H groups in total. The number of amides is 1. The van der Waals surface area contributed by atoms with Crippen LogP contribution in [0.3, 0.4) is 0 Å². The Morgan fingerprint density at radius 2 is 1.87 bits per heavy atom. The first-order valence-electron chi connectivity index (χ1n) is 6.75. The first-order chi connectivity index (χ1) is 11.0. The highest BCUT2D eigenvalue weighted by atomic mass is 16.6. The van der Waals surface area contributed by atoms with Crippen LogP contribution in [0.4, 0.5) is 5.69 Å². The Balaban J connectivity index is 2.10. The molecule has 0 aliphatic heterocycles. The lowest BCUT2D eigenvalue weighted by Crippen LogP contribution is -2.19. The average molecular weight is 313 g/mol. The topological polar surface area (TPSA) is 93.8 Å². The average Bonchev–Trinajstić information content (AvgIpc) is 2.59. The van der Waals surface area contributed by atoms with Gasteiger partial charge in [-0.1, -0.05) is 6.07 Å². The first-order valence-corrected chi connectivity index (χ1v) is 6.75. The predicted molar refractivity (Wildman–Crippen MR) is 85.8 cm³/mol. The minimum atomic E-state index is -0.553. The van der Waals surface area contributed by atoms with E-state index in [-0.39, 0.29) is 11.3 Å². The summed E-state index contributed by atoms with van der Waals surface area (Å²) >= 11 is 0. The van der Waals surface area contributed by atoms with Gasteiger partial charge in [0, 0.05) is 17.7 Å². The largest absolute Gasteiger partial charge is 0.497 e. The second-order valence-electron chi connectivity index (χ2n) is 4.67. The van der Waals surface area contributed by atoms with Crippen LogP contribution in [0.25, 0.3) is 0 Å². The molecule has 0 unspecified atom stereocenters. The summed E-state index contributed by atoms with van der Waals surface area (Å²) in [6.45, 7) is 1.75. The van der Waals surface area contributed by atoms with Gasteiger partial charge in [-0.05, 0) is 42.8 Å². The molecule has 0 heterocycles. The van der Waals surface area contributed by atoms with Crippen LogP contribution in [0, 0.1) is 10.1 Å². The molecule has 2 aromatic carbocycles. The molecule has 0 saturated heterocycles. The molecule has 0 bridgehead atoms. The second-order valence-corrected chi connectivity index (χ2v) is 4.67. The molecule has 0 saturated carbocycles. The Kier molecular flexibility index (Phi) is 5.03. The summed E-state index contributed by atoms with van der Waals surface area (Å²) in [5.74, 6) is 0.212. The third kappa shape index (κ3) is 4.13. The van der Waals surface area contributed by atoms with Gasteiger partial charge in [-0.2, -0.15) is 5.10 Å². The Hall–Kier alpha value is -3.22. The lowest BCUT2D eigenvalue weighted by Gasteiger charge is -2.04. The van der Waals surface area contributed by atoms with Gasteiger partial charge < -0.3 is 4.74 Å². The van der Waals surface area contributed by atoms with Crippen molar-refractivity contribution in [1.29, 1.82) is 0 Å². The zero-order chi connectivity index (χ0) is 16.8. The minimum absolute atomic E-state index is 0.145. The third-order valence-corrected chi connectivity index (χ3v) is 3.15. The molecule has 7 heteroatoms. The van der Waals surface area contributed by atoms with Crippen LogP contribution in [-0.4, -0.2) is 23.7 Å². The highest BCUT2D eigenvalue weighted by molar-refractivity contribution is 6.01. The number of ether oxygens (including phenoxy) is 1. The van der Waals surface area contributed by atoms with Crippen molar-refractivity contribution in [2.75, 3.05) is 7.11 Å². The smallest absolute Gasteiger partial charge is 0.271 e. The highest BCUT2D eigenvalue weighted by Crippen LogP contribution is 2.13. The molecule has 23 heavy (non-hydrogen) atoms. The minimum Gasteiger partial charge on any atom is -0.497 e. The van der Waals surface area contributed by atoms with Crippen LogP contribution in [-0.2, 0) is 0 Å². The normalized spacial score (nSPS) is 11.0. The fourth-order valence-electron chi connectivity index (χ4n) is 1.86. The number of hydrazone groups is 1. The van der Waals surface area contributed by atoms with E-state index < -0.39 is 10.8 Å². The van der Waals surface area contributed by atoms with E-state index in [2.05, 4.69) is 10.5 Å². The van der Waals surface area contributed by atoms with Crippen LogP contribution in [0.5, 0.6) is 5.75 Å². The molecule has 0 aromatic heterocycles. The van der Waals surface area contributed by atoms with Gasteiger partial charge in [-0.15, -0.1) is 0 Å². The molecule has 0 aliphatic carbocycles. The summed E-state index contributed by atoms with van der Waals surface area (Å²) in [6.07, 6.45) is 0. The van der Waals surface area contributed by atoms with Crippen molar-refractivity contribution < 1.29 is 14.5 Å². The fourth-order valence-corrected chi connectivity index (χ4v) is 1.86. The van der Waals surface area contributed by atoms with Gasteiger partial charge in [0.15, 0.2) is 0 Å². The number of methoxy groups -OCH3 is 1. The lowest BCUT2D eigenvalue weighted by molar-refractivity contribution is -0.384. The number of carbonyl (C=O) groups excluding carboxylic acids is 1. The van der Waals surface area contributed by atoms with Crippen molar-refractivity contribution in [3.05, 3.63) is 69.8 Å². The first kappa shape index (κ1) is 16.2. The van der Waals surface area contributed by atoms with Gasteiger partial charge in [0.2, 0.25) is 0 Å². The fraction of sp³-hybridized carbons (Fsp3) is 0.125. The van der Waals surface area contributed by atoms with Gasteiger partial charge in [0.25, 0.3) is 11.6 Å². The number of rotatable bonds is 5. The van der Waals surface area contributed by atoms with E-state index in [0.29, 0.717) is 5.71 Å². The standard InChI is InChI=1S/C16H15N3O4/c1-11(12-6-8-15(23-2)9-7-12)17-18-16(20)13-4-3-5-14(10-13)19(21)22/h3-10H,1-2H3,(H,18,20)/b17-11+. The Morgan fingerprint density at radius 1 is 1.17 bits per heavy atom. The number of carbonyl (C=O) groups is 1. The van der Waals surface area contributed by atoms with Gasteiger partial charge in [-0.25, -0.2) is 5.43 Å². The lowest BCUT2D eigenvalue weighted by atomic mass is 10.1. The maximum Gasteiger partial charge on any atom is 0.271 e. The number of hydrogen-bond donors (Lipinski definition) is 1. The molecular weight excluding hydrogens is 298 g/mol.